The van der Waals surface area contributed by atoms with E-state index in [1.54, 1.807) is 0 Å². The van der Waals surface area contributed by atoms with E-state index in [4.69, 9.17) is 36.8 Å². The summed E-state index contributed by atoms with van der Waals surface area (Å²) in [4.78, 5) is 0. The van der Waals surface area contributed by atoms with Crippen LogP contribution in [0.1, 0.15) is 83.1 Å². The van der Waals surface area contributed by atoms with Gasteiger partial charge >= 0.3 is 21.4 Å². The molecular formula is C110H85B3O8S4. The zero-order chi connectivity index (χ0) is 84.7. The lowest BCUT2D eigenvalue weighted by Gasteiger charge is -2.32. The Morgan fingerprint density at radius 2 is 0.640 bits per heavy atom. The SMILES string of the molecule is CC1(C)OB(c2ccc3oc4c(-c5cccc6sc7cc8ccccc8cc7c56)cccc4c3c2)OC1(C)C.CC1(C)OB(c2cccc3c2ccc2sc4cccc(-c5ccc6c(c5)sc5cc7ccccc7cc56)c4c23)OC1(C)C.CC1(C)OB(c2cccc3c2oc2ccc4ccc(-c5ccc6sc7cc8ccccc8cc7c6c5)cc4c23)OC1(C)C. The number of benzene rings is 17. The Labute approximate surface area is 739 Å². The third-order valence-corrected chi connectivity index (χ3v) is 32.6. The Morgan fingerprint density at radius 1 is 0.208 bits per heavy atom. The lowest BCUT2D eigenvalue weighted by molar-refractivity contribution is 0.00578. The molecule has 17 aromatic carbocycles. The number of fused-ring (bicyclic) bond motifs is 25. The van der Waals surface area contributed by atoms with Crippen molar-refractivity contribution in [1.29, 1.82) is 0 Å². The Kier molecular flexibility index (Phi) is 17.3. The van der Waals surface area contributed by atoms with Gasteiger partial charge in [0.1, 0.15) is 22.3 Å². The van der Waals surface area contributed by atoms with Gasteiger partial charge in [0.15, 0.2) is 0 Å². The topological polar surface area (TPSA) is 81.7 Å². The molecule has 0 atom stereocenters. The standard InChI is InChI=1S/C38H29BO3S.C38H29BO2S2.C34H27BO3S/c1-37(2)38(3,4)42-39(41-37)31-11-7-10-27-35-28-18-25(13-12-22(28)14-16-32(35)40-36(27)31)26-15-17-33-29(20-26)30-19-23-8-5-6-9-24(23)21-34(30)43-33;1-37(2)38(3,4)41-39(40-37)30-13-7-12-28-26(30)17-18-32-36(28)35-25(11-8-14-31(35)42-32)24-15-16-27-29-19-22-9-5-6-10-23(22)20-34(29)43-33(27)21-24;1-33(2)34(3,4)38-35(37-33)22-15-16-28-26(19-22)25-13-7-12-24(32(25)36-28)23-11-8-14-29-31(23)27-17-20-9-5-6-10-21(20)18-30(27)39-29/h2*5-21H,1-4H3;5-19H,1-4H3. The molecule has 3 aliphatic heterocycles. The lowest BCUT2D eigenvalue weighted by atomic mass is 9.75. The third kappa shape index (κ3) is 12.3. The van der Waals surface area contributed by atoms with Gasteiger partial charge in [0.05, 0.1) is 33.6 Å². The van der Waals surface area contributed by atoms with E-state index in [0.717, 1.165) is 65.8 Å². The van der Waals surface area contributed by atoms with Crippen LogP contribution >= 0.6 is 45.3 Å². The molecule has 0 saturated carbocycles. The number of hydrogen-bond donors (Lipinski definition) is 0. The van der Waals surface area contributed by atoms with Crippen LogP contribution in [0.15, 0.2) is 306 Å². The second kappa shape index (κ2) is 28.0. The Morgan fingerprint density at radius 3 is 1.30 bits per heavy atom. The summed E-state index contributed by atoms with van der Waals surface area (Å²) >= 11 is 7.48. The predicted molar refractivity (Wildman–Crippen MR) is 536 cm³/mol. The normalized spacial score (nSPS) is 16.6. The number of para-hydroxylation sites is 2. The van der Waals surface area contributed by atoms with Crippen molar-refractivity contribution >= 4 is 262 Å². The highest BCUT2D eigenvalue weighted by Gasteiger charge is 2.55. The van der Waals surface area contributed by atoms with Crippen molar-refractivity contribution in [2.24, 2.45) is 0 Å². The molecule has 606 valence electrons. The third-order valence-electron chi connectivity index (χ3n) is 28.1. The van der Waals surface area contributed by atoms with Crippen LogP contribution in [0, 0.1) is 0 Å². The van der Waals surface area contributed by atoms with Crippen molar-refractivity contribution in [3.05, 3.63) is 297 Å². The molecule has 8 nitrogen and oxygen atoms in total. The van der Waals surface area contributed by atoms with Crippen LogP contribution in [-0.4, -0.2) is 55.0 Å². The van der Waals surface area contributed by atoms with Crippen LogP contribution in [0.4, 0.5) is 0 Å². The van der Waals surface area contributed by atoms with Crippen molar-refractivity contribution in [3.8, 4) is 33.4 Å². The molecule has 0 spiro atoms. The summed E-state index contributed by atoms with van der Waals surface area (Å²) in [5, 5.41) is 27.4. The van der Waals surface area contributed by atoms with E-state index in [9.17, 15) is 0 Å². The summed E-state index contributed by atoms with van der Waals surface area (Å²) in [7, 11) is -1.30. The Bertz CT molecular complexity index is 8480. The van der Waals surface area contributed by atoms with E-state index < -0.39 is 32.6 Å². The highest BCUT2D eigenvalue weighted by Crippen LogP contribution is 2.51. The average molecular weight is 1700 g/mol. The van der Waals surface area contributed by atoms with Gasteiger partial charge in [-0.25, -0.2) is 0 Å². The molecule has 0 amide bonds. The Balaban J connectivity index is 0.000000105. The minimum absolute atomic E-state index is 0.383. The first kappa shape index (κ1) is 77.1. The summed E-state index contributed by atoms with van der Waals surface area (Å²) in [6.07, 6.45) is 0. The number of thiophene rings is 4. The first-order valence-corrected chi connectivity index (χ1v) is 46.4. The maximum absolute atomic E-state index is 6.57. The zero-order valence-electron chi connectivity index (χ0n) is 71.4. The van der Waals surface area contributed by atoms with Gasteiger partial charge < -0.3 is 36.8 Å². The van der Waals surface area contributed by atoms with E-state index in [2.05, 4.69) is 374 Å². The molecule has 15 heteroatoms. The highest BCUT2D eigenvalue weighted by atomic mass is 32.1. The van der Waals surface area contributed by atoms with Crippen LogP contribution in [0.3, 0.4) is 0 Å². The summed E-state index contributed by atoms with van der Waals surface area (Å²) < 4.78 is 62.2. The minimum atomic E-state index is -0.486. The predicted octanol–water partition coefficient (Wildman–Crippen LogP) is 30.0. The van der Waals surface area contributed by atoms with Crippen LogP contribution < -0.4 is 16.4 Å². The van der Waals surface area contributed by atoms with Crippen LogP contribution in [0.5, 0.6) is 0 Å². The van der Waals surface area contributed by atoms with Gasteiger partial charge in [-0.05, 0) is 267 Å². The van der Waals surface area contributed by atoms with Gasteiger partial charge in [-0.2, -0.15) is 0 Å². The molecule has 3 saturated heterocycles. The molecule has 26 rings (SSSR count). The minimum Gasteiger partial charge on any atom is -0.456 e. The molecule has 3 aliphatic rings. The first-order chi connectivity index (χ1) is 60.3. The average Bonchev–Trinajstić information content (AvgIpc) is 1.59. The van der Waals surface area contributed by atoms with E-state index in [1.807, 2.05) is 51.4 Å². The summed E-state index contributed by atoms with van der Waals surface area (Å²) in [5.74, 6) is 0. The molecule has 0 bridgehead atoms. The second-order valence-electron chi connectivity index (χ2n) is 37.2. The summed E-state index contributed by atoms with van der Waals surface area (Å²) in [6, 6.07) is 108. The molecule has 0 N–H and O–H groups in total. The van der Waals surface area contributed by atoms with Crippen molar-refractivity contribution < 1.29 is 36.8 Å². The van der Waals surface area contributed by atoms with Gasteiger partial charge in [0.25, 0.3) is 0 Å². The summed E-state index contributed by atoms with van der Waals surface area (Å²) in [6.45, 7) is 25.1. The van der Waals surface area contributed by atoms with Crippen molar-refractivity contribution in [3.63, 3.8) is 0 Å². The summed E-state index contributed by atoms with van der Waals surface area (Å²) in [5.41, 5.74) is 11.4. The molecule has 125 heavy (non-hydrogen) atoms. The highest BCUT2D eigenvalue weighted by molar-refractivity contribution is 7.27. The van der Waals surface area contributed by atoms with E-state index >= 15 is 0 Å². The smallest absolute Gasteiger partial charge is 0.456 e. The molecule has 0 aliphatic carbocycles. The van der Waals surface area contributed by atoms with E-state index in [0.29, 0.717) is 0 Å². The van der Waals surface area contributed by atoms with Gasteiger partial charge in [-0.15, -0.1) is 45.3 Å². The number of hydrogen-bond acceptors (Lipinski definition) is 12. The van der Waals surface area contributed by atoms with Gasteiger partial charge in [-0.3, -0.25) is 0 Å². The van der Waals surface area contributed by atoms with Crippen molar-refractivity contribution in [1.82, 2.24) is 0 Å². The second-order valence-corrected chi connectivity index (χ2v) is 41.5. The van der Waals surface area contributed by atoms with Gasteiger partial charge in [0, 0.05) is 113 Å². The number of rotatable bonds is 6. The van der Waals surface area contributed by atoms with E-state index in [1.165, 1.54) is 162 Å². The van der Waals surface area contributed by atoms with Crippen LogP contribution in [0.2, 0.25) is 0 Å². The number of furan rings is 2. The largest absolute Gasteiger partial charge is 0.498 e. The van der Waals surface area contributed by atoms with Gasteiger partial charge in [0.2, 0.25) is 0 Å². The molecule has 0 radical (unpaired) electrons. The molecule has 23 aromatic rings. The van der Waals surface area contributed by atoms with Crippen molar-refractivity contribution in [2.45, 2.75) is 117 Å². The maximum atomic E-state index is 6.57. The fourth-order valence-electron chi connectivity index (χ4n) is 19.2. The van der Waals surface area contributed by atoms with Crippen molar-refractivity contribution in [2.75, 3.05) is 0 Å². The lowest BCUT2D eigenvalue weighted by Crippen LogP contribution is -2.41. The molecular weight excluding hydrogens is 1610 g/mol. The zero-order valence-corrected chi connectivity index (χ0v) is 74.7. The van der Waals surface area contributed by atoms with Crippen LogP contribution in [-0.2, 0) is 27.9 Å². The fourth-order valence-corrected chi connectivity index (χ4v) is 23.9. The maximum Gasteiger partial charge on any atom is 0.498 e. The molecule has 6 aromatic heterocycles. The van der Waals surface area contributed by atoms with Gasteiger partial charge in [-0.1, -0.05) is 206 Å². The fraction of sp³-hybridized carbons (Fsp3) is 0.164. The quantitative estimate of drug-likeness (QED) is 0.152. The van der Waals surface area contributed by atoms with Crippen LogP contribution in [0.25, 0.3) is 212 Å². The molecule has 9 heterocycles. The Hall–Kier alpha value is -11.5. The molecule has 0 unspecified atom stereocenters. The molecule has 3 fully saturated rings. The van der Waals surface area contributed by atoms with E-state index in [-0.39, 0.29) is 22.4 Å². The first-order valence-electron chi connectivity index (χ1n) is 43.1. The monoisotopic (exact) mass is 1690 g/mol.